The van der Waals surface area contributed by atoms with Gasteiger partial charge < -0.3 is 0 Å². The second-order valence-electron chi connectivity index (χ2n) is 2.74. The third-order valence-corrected chi connectivity index (χ3v) is 2.34. The first-order chi connectivity index (χ1) is 5.56. The SMILES string of the molecule is O=S(=O)(O)CCCCCCCF. The van der Waals surface area contributed by atoms with Gasteiger partial charge in [-0.1, -0.05) is 19.3 Å². The van der Waals surface area contributed by atoms with Gasteiger partial charge in [-0.25, -0.2) is 0 Å². The number of unbranched alkanes of at least 4 members (excludes halogenated alkanes) is 4. The van der Waals surface area contributed by atoms with Crippen molar-refractivity contribution >= 4 is 10.1 Å². The molecule has 0 unspecified atom stereocenters. The van der Waals surface area contributed by atoms with Crippen LogP contribution in [0.4, 0.5) is 4.39 Å². The molecular weight excluding hydrogens is 183 g/mol. The van der Waals surface area contributed by atoms with E-state index < -0.39 is 10.1 Å². The molecule has 0 aliphatic heterocycles. The molecule has 0 saturated carbocycles. The summed E-state index contributed by atoms with van der Waals surface area (Å²) in [6.45, 7) is -0.307. The summed E-state index contributed by atoms with van der Waals surface area (Å²) >= 11 is 0. The maximum absolute atomic E-state index is 11.6. The molecule has 3 nitrogen and oxygen atoms in total. The van der Waals surface area contributed by atoms with Crippen LogP contribution in [-0.4, -0.2) is 25.4 Å². The first-order valence-corrected chi connectivity index (χ1v) is 5.68. The number of halogens is 1. The molecule has 0 spiro atoms. The van der Waals surface area contributed by atoms with Gasteiger partial charge in [-0.15, -0.1) is 0 Å². The Bertz CT molecular complexity index is 189. The van der Waals surface area contributed by atoms with Crippen molar-refractivity contribution in [2.75, 3.05) is 12.4 Å². The summed E-state index contributed by atoms with van der Waals surface area (Å²) in [5.74, 6) is -0.178. The fraction of sp³-hybridized carbons (Fsp3) is 1.00. The first kappa shape index (κ1) is 11.8. The zero-order valence-corrected chi connectivity index (χ0v) is 7.82. The van der Waals surface area contributed by atoms with Crippen LogP contribution in [-0.2, 0) is 10.1 Å². The highest BCUT2D eigenvalue weighted by Crippen LogP contribution is 2.04. The lowest BCUT2D eigenvalue weighted by atomic mass is 10.2. The zero-order chi connectivity index (χ0) is 9.45. The van der Waals surface area contributed by atoms with Crippen LogP contribution in [0.15, 0.2) is 0 Å². The molecule has 0 fully saturated rings. The van der Waals surface area contributed by atoms with E-state index in [2.05, 4.69) is 0 Å². The molecule has 0 aromatic carbocycles. The van der Waals surface area contributed by atoms with Crippen LogP contribution < -0.4 is 0 Å². The van der Waals surface area contributed by atoms with Crippen molar-refractivity contribution < 1.29 is 17.4 Å². The molecule has 12 heavy (non-hydrogen) atoms. The van der Waals surface area contributed by atoms with Crippen LogP contribution in [0.5, 0.6) is 0 Å². The summed E-state index contributed by atoms with van der Waals surface area (Å²) in [5, 5.41) is 0. The van der Waals surface area contributed by atoms with E-state index in [9.17, 15) is 12.8 Å². The Labute approximate surface area is 72.7 Å². The monoisotopic (exact) mass is 198 g/mol. The molecule has 0 heterocycles. The molecular formula is C7H15FO3S. The molecule has 0 rings (SSSR count). The van der Waals surface area contributed by atoms with Crippen LogP contribution in [0.2, 0.25) is 0 Å². The lowest BCUT2D eigenvalue weighted by molar-refractivity contribution is 0.450. The van der Waals surface area contributed by atoms with Crippen molar-refractivity contribution in [3.8, 4) is 0 Å². The van der Waals surface area contributed by atoms with Crippen LogP contribution in [0.25, 0.3) is 0 Å². The lowest BCUT2D eigenvalue weighted by Gasteiger charge is -1.97. The highest BCUT2D eigenvalue weighted by molar-refractivity contribution is 7.85. The normalized spacial score (nSPS) is 11.8. The van der Waals surface area contributed by atoms with Gasteiger partial charge in [-0.05, 0) is 12.8 Å². The van der Waals surface area contributed by atoms with Crippen LogP contribution in [0.1, 0.15) is 32.1 Å². The van der Waals surface area contributed by atoms with Crippen molar-refractivity contribution in [2.45, 2.75) is 32.1 Å². The van der Waals surface area contributed by atoms with Crippen molar-refractivity contribution in [3.63, 3.8) is 0 Å². The van der Waals surface area contributed by atoms with Crippen molar-refractivity contribution in [1.82, 2.24) is 0 Å². The summed E-state index contributed by atoms with van der Waals surface area (Å²) in [4.78, 5) is 0. The number of rotatable bonds is 7. The van der Waals surface area contributed by atoms with Gasteiger partial charge in [0.15, 0.2) is 0 Å². The number of hydrogen-bond donors (Lipinski definition) is 1. The first-order valence-electron chi connectivity index (χ1n) is 4.07. The van der Waals surface area contributed by atoms with Gasteiger partial charge in [0.25, 0.3) is 10.1 Å². The van der Waals surface area contributed by atoms with Crippen LogP contribution in [0.3, 0.4) is 0 Å². The van der Waals surface area contributed by atoms with E-state index in [-0.39, 0.29) is 12.4 Å². The molecule has 0 radical (unpaired) electrons. The van der Waals surface area contributed by atoms with Gasteiger partial charge >= 0.3 is 0 Å². The predicted molar refractivity (Wildman–Crippen MR) is 45.5 cm³/mol. The minimum atomic E-state index is -3.79. The van der Waals surface area contributed by atoms with Gasteiger partial charge in [-0.2, -0.15) is 8.42 Å². The van der Waals surface area contributed by atoms with Crippen molar-refractivity contribution in [2.24, 2.45) is 0 Å². The second-order valence-corrected chi connectivity index (χ2v) is 4.31. The van der Waals surface area contributed by atoms with Gasteiger partial charge in [0.05, 0.1) is 12.4 Å². The molecule has 0 amide bonds. The van der Waals surface area contributed by atoms with Crippen molar-refractivity contribution in [3.05, 3.63) is 0 Å². The molecule has 0 atom stereocenters. The van der Waals surface area contributed by atoms with Gasteiger partial charge in [-0.3, -0.25) is 8.94 Å². The minimum absolute atomic E-state index is 0.178. The third kappa shape index (κ3) is 9.84. The topological polar surface area (TPSA) is 54.4 Å². The third-order valence-electron chi connectivity index (χ3n) is 1.54. The van der Waals surface area contributed by atoms with Gasteiger partial charge in [0.1, 0.15) is 0 Å². The fourth-order valence-corrected chi connectivity index (χ4v) is 1.48. The number of hydrogen-bond acceptors (Lipinski definition) is 2. The molecule has 74 valence electrons. The zero-order valence-electron chi connectivity index (χ0n) is 7.00. The smallest absolute Gasteiger partial charge is 0.264 e. The lowest BCUT2D eigenvalue weighted by Crippen LogP contribution is -2.03. The van der Waals surface area contributed by atoms with Crippen LogP contribution in [0, 0.1) is 0 Å². The van der Waals surface area contributed by atoms with Gasteiger partial charge in [0, 0.05) is 0 Å². The molecule has 0 aliphatic rings. The molecule has 5 heteroatoms. The average molecular weight is 198 g/mol. The fourth-order valence-electron chi connectivity index (χ4n) is 0.909. The molecule has 1 N–H and O–H groups in total. The van der Waals surface area contributed by atoms with E-state index >= 15 is 0 Å². The quantitative estimate of drug-likeness (QED) is 0.501. The van der Waals surface area contributed by atoms with E-state index in [1.165, 1.54) is 0 Å². The summed E-state index contributed by atoms with van der Waals surface area (Å²) < 4.78 is 40.3. The summed E-state index contributed by atoms with van der Waals surface area (Å²) in [5.41, 5.74) is 0. The van der Waals surface area contributed by atoms with Crippen LogP contribution >= 0.6 is 0 Å². The molecule has 0 saturated heterocycles. The van der Waals surface area contributed by atoms with E-state index in [0.717, 1.165) is 19.3 Å². The Morgan fingerprint density at radius 3 is 2.00 bits per heavy atom. The minimum Gasteiger partial charge on any atom is -0.286 e. The van der Waals surface area contributed by atoms with E-state index in [1.807, 2.05) is 0 Å². The summed E-state index contributed by atoms with van der Waals surface area (Å²) in [6.07, 6.45) is 3.37. The molecule has 0 bridgehead atoms. The number of alkyl halides is 1. The Hall–Kier alpha value is -0.160. The maximum Gasteiger partial charge on any atom is 0.264 e. The summed E-state index contributed by atoms with van der Waals surface area (Å²) in [6, 6.07) is 0. The molecule has 0 aromatic heterocycles. The second kappa shape index (κ2) is 6.37. The predicted octanol–water partition coefficient (Wildman–Crippen LogP) is 1.79. The molecule has 0 aromatic rings. The van der Waals surface area contributed by atoms with E-state index in [1.54, 1.807) is 0 Å². The standard InChI is InChI=1S/C7H15FO3S/c8-6-4-2-1-3-5-7-12(9,10)11/h1-7H2,(H,9,10,11). The van der Waals surface area contributed by atoms with Gasteiger partial charge in [0.2, 0.25) is 0 Å². The highest BCUT2D eigenvalue weighted by atomic mass is 32.2. The Morgan fingerprint density at radius 2 is 1.50 bits per heavy atom. The Kier molecular flexibility index (Phi) is 6.28. The van der Waals surface area contributed by atoms with Crippen molar-refractivity contribution in [1.29, 1.82) is 0 Å². The summed E-state index contributed by atoms with van der Waals surface area (Å²) in [7, 11) is -3.79. The average Bonchev–Trinajstić information content (AvgIpc) is 1.94. The molecule has 0 aliphatic carbocycles. The largest absolute Gasteiger partial charge is 0.286 e. The van der Waals surface area contributed by atoms with E-state index in [0.29, 0.717) is 12.8 Å². The Balaban J connectivity index is 3.12. The Morgan fingerprint density at radius 1 is 1.00 bits per heavy atom. The maximum atomic E-state index is 11.6. The van der Waals surface area contributed by atoms with E-state index in [4.69, 9.17) is 4.55 Å². The highest BCUT2D eigenvalue weighted by Gasteiger charge is 2.02.